The van der Waals surface area contributed by atoms with Gasteiger partial charge in [0, 0.05) is 24.0 Å². The Morgan fingerprint density at radius 1 is 1.41 bits per heavy atom. The minimum atomic E-state index is -0.309. The Morgan fingerprint density at radius 3 is 2.59 bits per heavy atom. The summed E-state index contributed by atoms with van der Waals surface area (Å²) in [6.45, 7) is 6.74. The standard InChI is InChI=1S/C15H25N3OS.2ClH/c1-12(2)8-15(3,11-16)18-14(19)10-20-9-13-6-4-5-7-17-13;;/h4-7,12H,8-11,16H2,1-3H3,(H,18,19);2*1H. The lowest BCUT2D eigenvalue weighted by Crippen LogP contribution is -2.52. The van der Waals surface area contributed by atoms with Crippen LogP contribution in [0.2, 0.25) is 0 Å². The van der Waals surface area contributed by atoms with Crippen molar-refractivity contribution in [2.45, 2.75) is 38.5 Å². The summed E-state index contributed by atoms with van der Waals surface area (Å²) in [7, 11) is 0. The lowest BCUT2D eigenvalue weighted by molar-refractivity contribution is -0.120. The maximum absolute atomic E-state index is 12.0. The van der Waals surface area contributed by atoms with Gasteiger partial charge < -0.3 is 11.1 Å². The van der Waals surface area contributed by atoms with Crippen molar-refractivity contribution >= 4 is 42.5 Å². The molecule has 1 rings (SSSR count). The van der Waals surface area contributed by atoms with Crippen molar-refractivity contribution in [1.82, 2.24) is 10.3 Å². The van der Waals surface area contributed by atoms with Crippen molar-refractivity contribution in [1.29, 1.82) is 0 Å². The molecule has 0 aliphatic heterocycles. The van der Waals surface area contributed by atoms with Crippen LogP contribution in [0.3, 0.4) is 0 Å². The van der Waals surface area contributed by atoms with E-state index >= 15 is 0 Å². The Hall–Kier alpha value is -0.490. The highest BCUT2D eigenvalue weighted by Gasteiger charge is 2.25. The van der Waals surface area contributed by atoms with Gasteiger partial charge >= 0.3 is 0 Å². The molecule has 0 radical (unpaired) electrons. The fraction of sp³-hybridized carbons (Fsp3) is 0.600. The minimum absolute atomic E-state index is 0. The van der Waals surface area contributed by atoms with Crippen LogP contribution >= 0.6 is 36.6 Å². The van der Waals surface area contributed by atoms with E-state index in [1.807, 2.05) is 25.1 Å². The summed E-state index contributed by atoms with van der Waals surface area (Å²) in [6, 6.07) is 5.81. The molecule has 1 atom stereocenters. The number of nitrogens with zero attached hydrogens (tertiary/aromatic N) is 1. The number of hydrogen-bond donors (Lipinski definition) is 2. The Balaban J connectivity index is 0. The van der Waals surface area contributed by atoms with Crippen molar-refractivity contribution in [2.24, 2.45) is 11.7 Å². The zero-order valence-electron chi connectivity index (χ0n) is 13.4. The Kier molecular flexibility index (Phi) is 13.0. The molecule has 4 nitrogen and oxygen atoms in total. The van der Waals surface area contributed by atoms with Crippen molar-refractivity contribution in [3.63, 3.8) is 0 Å². The molecule has 0 saturated heterocycles. The summed E-state index contributed by atoms with van der Waals surface area (Å²) >= 11 is 1.57. The van der Waals surface area contributed by atoms with Crippen LogP contribution in [-0.2, 0) is 10.5 Å². The van der Waals surface area contributed by atoms with Gasteiger partial charge in [-0.3, -0.25) is 9.78 Å². The van der Waals surface area contributed by atoms with Gasteiger partial charge in [-0.2, -0.15) is 0 Å². The number of halogens is 2. The molecule has 1 aromatic rings. The second kappa shape index (κ2) is 12.0. The zero-order chi connectivity index (χ0) is 15.0. The Bertz CT molecular complexity index is 421. The van der Waals surface area contributed by atoms with Crippen LogP contribution in [-0.4, -0.2) is 28.7 Å². The molecule has 0 fully saturated rings. The van der Waals surface area contributed by atoms with Gasteiger partial charge in [0.2, 0.25) is 5.91 Å². The average Bonchev–Trinajstić information content (AvgIpc) is 2.39. The summed E-state index contributed by atoms with van der Waals surface area (Å²) in [4.78, 5) is 16.2. The number of rotatable bonds is 8. The molecule has 0 aromatic carbocycles. The zero-order valence-corrected chi connectivity index (χ0v) is 15.8. The molecule has 1 amide bonds. The first-order valence-corrected chi connectivity index (χ1v) is 8.09. The number of thioether (sulfide) groups is 1. The molecule has 3 N–H and O–H groups in total. The highest BCUT2D eigenvalue weighted by Crippen LogP contribution is 2.16. The van der Waals surface area contributed by atoms with E-state index in [0.717, 1.165) is 17.9 Å². The van der Waals surface area contributed by atoms with E-state index in [2.05, 4.69) is 24.1 Å². The lowest BCUT2D eigenvalue weighted by atomic mass is 9.91. The van der Waals surface area contributed by atoms with Crippen molar-refractivity contribution in [2.75, 3.05) is 12.3 Å². The fourth-order valence-corrected chi connectivity index (χ4v) is 2.93. The van der Waals surface area contributed by atoms with Crippen molar-refractivity contribution < 1.29 is 4.79 Å². The quantitative estimate of drug-likeness (QED) is 0.740. The normalized spacial score (nSPS) is 12.8. The molecular weight excluding hydrogens is 341 g/mol. The number of pyridine rings is 1. The maximum atomic E-state index is 12.0. The minimum Gasteiger partial charge on any atom is -0.349 e. The Morgan fingerprint density at radius 2 is 2.09 bits per heavy atom. The summed E-state index contributed by atoms with van der Waals surface area (Å²) in [5.41, 5.74) is 6.48. The molecule has 1 heterocycles. The maximum Gasteiger partial charge on any atom is 0.230 e. The summed E-state index contributed by atoms with van der Waals surface area (Å²) < 4.78 is 0. The van der Waals surface area contributed by atoms with E-state index in [9.17, 15) is 4.79 Å². The van der Waals surface area contributed by atoms with Crippen LogP contribution in [0, 0.1) is 5.92 Å². The number of amides is 1. The molecule has 1 aromatic heterocycles. The van der Waals surface area contributed by atoms with Gasteiger partial charge in [0.1, 0.15) is 0 Å². The molecule has 1 unspecified atom stereocenters. The number of carbonyl (C=O) groups is 1. The largest absolute Gasteiger partial charge is 0.349 e. The van der Waals surface area contributed by atoms with Crippen LogP contribution in [0.1, 0.15) is 32.9 Å². The highest BCUT2D eigenvalue weighted by atomic mass is 35.5. The predicted octanol–water partition coefficient (Wildman–Crippen LogP) is 3.04. The molecule has 128 valence electrons. The fourth-order valence-electron chi connectivity index (χ4n) is 2.19. The van der Waals surface area contributed by atoms with Gasteiger partial charge in [0.15, 0.2) is 0 Å². The van der Waals surface area contributed by atoms with Crippen molar-refractivity contribution in [3.05, 3.63) is 30.1 Å². The topological polar surface area (TPSA) is 68.0 Å². The third-order valence-corrected chi connectivity index (χ3v) is 3.93. The third kappa shape index (κ3) is 9.51. The first-order chi connectivity index (χ1) is 9.45. The van der Waals surface area contributed by atoms with E-state index in [-0.39, 0.29) is 36.3 Å². The second-order valence-corrected chi connectivity index (χ2v) is 6.71. The number of aromatic nitrogens is 1. The van der Waals surface area contributed by atoms with Gasteiger partial charge in [-0.1, -0.05) is 19.9 Å². The summed E-state index contributed by atoms with van der Waals surface area (Å²) in [5, 5.41) is 3.06. The molecule has 22 heavy (non-hydrogen) atoms. The predicted molar refractivity (Wildman–Crippen MR) is 100.0 cm³/mol. The SMILES string of the molecule is CC(C)CC(C)(CN)NC(=O)CSCc1ccccn1.Cl.Cl. The average molecular weight is 368 g/mol. The summed E-state index contributed by atoms with van der Waals surface area (Å²) in [5.74, 6) is 1.73. The van der Waals surface area contributed by atoms with Crippen LogP contribution < -0.4 is 11.1 Å². The van der Waals surface area contributed by atoms with Crippen molar-refractivity contribution in [3.8, 4) is 0 Å². The van der Waals surface area contributed by atoms with Gasteiger partial charge in [-0.15, -0.1) is 36.6 Å². The highest BCUT2D eigenvalue weighted by molar-refractivity contribution is 7.99. The van der Waals surface area contributed by atoms with E-state index in [1.165, 1.54) is 0 Å². The first kappa shape index (κ1) is 23.8. The van der Waals surface area contributed by atoms with Crippen LogP contribution in [0.5, 0.6) is 0 Å². The molecule has 0 spiro atoms. The van der Waals surface area contributed by atoms with E-state index < -0.39 is 0 Å². The molecule has 7 heteroatoms. The van der Waals surface area contributed by atoms with Gasteiger partial charge in [-0.25, -0.2) is 0 Å². The summed E-state index contributed by atoms with van der Waals surface area (Å²) in [6.07, 6.45) is 2.66. The lowest BCUT2D eigenvalue weighted by Gasteiger charge is -2.31. The number of carbonyl (C=O) groups excluding carboxylic acids is 1. The third-order valence-electron chi connectivity index (χ3n) is 2.96. The smallest absolute Gasteiger partial charge is 0.230 e. The van der Waals surface area contributed by atoms with Gasteiger partial charge in [-0.05, 0) is 31.4 Å². The van der Waals surface area contributed by atoms with Crippen LogP contribution in [0.25, 0.3) is 0 Å². The van der Waals surface area contributed by atoms with Gasteiger partial charge in [0.05, 0.1) is 11.4 Å². The number of nitrogens with two attached hydrogens (primary N) is 1. The van der Waals surface area contributed by atoms with E-state index in [0.29, 0.717) is 18.2 Å². The molecular formula is C15H27Cl2N3OS. The first-order valence-electron chi connectivity index (χ1n) is 6.94. The molecule has 0 saturated carbocycles. The monoisotopic (exact) mass is 367 g/mol. The van der Waals surface area contributed by atoms with E-state index in [4.69, 9.17) is 5.73 Å². The van der Waals surface area contributed by atoms with Crippen LogP contribution in [0.4, 0.5) is 0 Å². The molecule has 0 aliphatic carbocycles. The van der Waals surface area contributed by atoms with Crippen LogP contribution in [0.15, 0.2) is 24.4 Å². The number of hydrogen-bond acceptors (Lipinski definition) is 4. The number of nitrogens with one attached hydrogen (secondary N) is 1. The van der Waals surface area contributed by atoms with E-state index in [1.54, 1.807) is 18.0 Å². The second-order valence-electron chi connectivity index (χ2n) is 5.72. The Labute approximate surface area is 150 Å². The molecule has 0 aliphatic rings. The molecule has 0 bridgehead atoms. The van der Waals surface area contributed by atoms with Gasteiger partial charge in [0.25, 0.3) is 0 Å².